The van der Waals surface area contributed by atoms with Crippen LogP contribution in [0.1, 0.15) is 44.7 Å². The average molecular weight is 401 g/mol. The Morgan fingerprint density at radius 3 is 2.11 bits per heavy atom. The van der Waals surface area contributed by atoms with E-state index in [1.54, 1.807) is 6.07 Å². The summed E-state index contributed by atoms with van der Waals surface area (Å²) in [7, 11) is -0.815. The van der Waals surface area contributed by atoms with Gasteiger partial charge in [0.2, 0.25) is 10.0 Å². The largest absolute Gasteiger partial charge is 0.269 e. The summed E-state index contributed by atoms with van der Waals surface area (Å²) in [5.74, 6) is -1.01. The van der Waals surface area contributed by atoms with E-state index >= 15 is 0 Å². The number of hydrogen-bond donors (Lipinski definition) is 2. The molecular formula is C20H23N3O4S. The number of sulfonamides is 1. The molecule has 7 nitrogen and oxygen atoms in total. The standard InChI is InChI=1S/C20H23N3O4S/c1-23(2)28(26,27)18-9-5-8-16(13-18)19(24)21-22-20(25)17-11-10-14-6-3-4-7-15(14)12-17/h5,8-13H,3-4,6-7H2,1-2H3,(H,21,24)(H,22,25). The number of hydrogen-bond acceptors (Lipinski definition) is 4. The topological polar surface area (TPSA) is 95.6 Å². The monoisotopic (exact) mass is 401 g/mol. The lowest BCUT2D eigenvalue weighted by Gasteiger charge is -2.16. The van der Waals surface area contributed by atoms with E-state index in [0.29, 0.717) is 5.56 Å². The second-order valence-electron chi connectivity index (χ2n) is 6.91. The van der Waals surface area contributed by atoms with E-state index in [0.717, 1.165) is 30.0 Å². The van der Waals surface area contributed by atoms with Crippen molar-refractivity contribution in [3.8, 4) is 0 Å². The highest BCUT2D eigenvalue weighted by atomic mass is 32.2. The number of benzene rings is 2. The minimum atomic E-state index is -3.65. The molecule has 2 aromatic rings. The van der Waals surface area contributed by atoms with Crippen molar-refractivity contribution in [2.45, 2.75) is 30.6 Å². The van der Waals surface area contributed by atoms with Crippen molar-refractivity contribution >= 4 is 21.8 Å². The summed E-state index contributed by atoms with van der Waals surface area (Å²) in [5.41, 5.74) is 7.78. The fourth-order valence-corrected chi connectivity index (χ4v) is 4.09. The molecule has 0 radical (unpaired) electrons. The Morgan fingerprint density at radius 1 is 0.857 bits per heavy atom. The van der Waals surface area contributed by atoms with Crippen LogP contribution < -0.4 is 10.9 Å². The third-order valence-electron chi connectivity index (χ3n) is 4.78. The van der Waals surface area contributed by atoms with Crippen LogP contribution in [-0.4, -0.2) is 38.6 Å². The van der Waals surface area contributed by atoms with E-state index in [4.69, 9.17) is 0 Å². The van der Waals surface area contributed by atoms with Crippen LogP contribution in [0.25, 0.3) is 0 Å². The maximum atomic E-state index is 12.4. The molecule has 1 aliphatic rings. The van der Waals surface area contributed by atoms with E-state index in [-0.39, 0.29) is 10.5 Å². The van der Waals surface area contributed by atoms with Gasteiger partial charge in [0, 0.05) is 25.2 Å². The molecule has 0 aliphatic heterocycles. The van der Waals surface area contributed by atoms with Gasteiger partial charge in [0.05, 0.1) is 4.90 Å². The number of fused-ring (bicyclic) bond motifs is 1. The van der Waals surface area contributed by atoms with Gasteiger partial charge < -0.3 is 0 Å². The van der Waals surface area contributed by atoms with Crippen LogP contribution in [0.2, 0.25) is 0 Å². The van der Waals surface area contributed by atoms with Gasteiger partial charge in [0.25, 0.3) is 11.8 Å². The predicted molar refractivity (Wildman–Crippen MR) is 105 cm³/mol. The molecular weight excluding hydrogens is 378 g/mol. The van der Waals surface area contributed by atoms with Gasteiger partial charge in [-0.1, -0.05) is 12.1 Å². The number of amides is 2. The predicted octanol–water partition coefficient (Wildman–Crippen LogP) is 1.89. The van der Waals surface area contributed by atoms with Gasteiger partial charge in [-0.2, -0.15) is 0 Å². The van der Waals surface area contributed by atoms with Gasteiger partial charge in [0.1, 0.15) is 0 Å². The van der Waals surface area contributed by atoms with E-state index in [9.17, 15) is 18.0 Å². The minimum absolute atomic E-state index is 0.00571. The maximum absolute atomic E-state index is 12.4. The van der Waals surface area contributed by atoms with Crippen LogP contribution >= 0.6 is 0 Å². The molecule has 0 aromatic heterocycles. The van der Waals surface area contributed by atoms with Gasteiger partial charge in [-0.25, -0.2) is 12.7 Å². The first-order valence-electron chi connectivity index (χ1n) is 9.04. The zero-order valence-electron chi connectivity index (χ0n) is 15.9. The zero-order chi connectivity index (χ0) is 20.3. The van der Waals surface area contributed by atoms with Crippen LogP contribution in [0.3, 0.4) is 0 Å². The van der Waals surface area contributed by atoms with Crippen LogP contribution in [0.15, 0.2) is 47.4 Å². The number of nitrogens with one attached hydrogen (secondary N) is 2. The zero-order valence-corrected chi connectivity index (χ0v) is 16.7. The van der Waals surface area contributed by atoms with Crippen molar-refractivity contribution in [2.24, 2.45) is 0 Å². The second kappa shape index (κ2) is 8.12. The van der Waals surface area contributed by atoms with Crippen LogP contribution in [0.5, 0.6) is 0 Å². The molecule has 0 unspecified atom stereocenters. The summed E-state index contributed by atoms with van der Waals surface area (Å²) < 4.78 is 25.5. The molecule has 8 heteroatoms. The van der Waals surface area contributed by atoms with E-state index in [2.05, 4.69) is 10.9 Å². The lowest BCUT2D eigenvalue weighted by atomic mass is 9.90. The van der Waals surface area contributed by atoms with Crippen molar-refractivity contribution < 1.29 is 18.0 Å². The van der Waals surface area contributed by atoms with Crippen molar-refractivity contribution in [3.05, 3.63) is 64.7 Å². The van der Waals surface area contributed by atoms with Gasteiger partial charge in [-0.3, -0.25) is 20.4 Å². The smallest absolute Gasteiger partial charge is 0.267 e. The van der Waals surface area contributed by atoms with Gasteiger partial charge >= 0.3 is 0 Å². The second-order valence-corrected chi connectivity index (χ2v) is 9.07. The molecule has 0 heterocycles. The fraction of sp³-hybridized carbons (Fsp3) is 0.300. The Bertz CT molecular complexity index is 1020. The Kier molecular flexibility index (Phi) is 5.81. The molecule has 0 spiro atoms. The summed E-state index contributed by atoms with van der Waals surface area (Å²) in [5, 5.41) is 0. The maximum Gasteiger partial charge on any atom is 0.269 e. The number of aryl methyl sites for hydroxylation is 2. The van der Waals surface area contributed by atoms with Gasteiger partial charge in [-0.05, 0) is 67.1 Å². The molecule has 2 amide bonds. The summed E-state index contributed by atoms with van der Waals surface area (Å²) in [4.78, 5) is 24.7. The molecule has 1 aliphatic carbocycles. The minimum Gasteiger partial charge on any atom is -0.267 e. The molecule has 28 heavy (non-hydrogen) atoms. The molecule has 0 saturated carbocycles. The first-order chi connectivity index (χ1) is 13.3. The van der Waals surface area contributed by atoms with Crippen molar-refractivity contribution in [1.82, 2.24) is 15.2 Å². The summed E-state index contributed by atoms with van der Waals surface area (Å²) in [6.45, 7) is 0. The first-order valence-corrected chi connectivity index (χ1v) is 10.5. The summed E-state index contributed by atoms with van der Waals surface area (Å²) in [6, 6.07) is 11.2. The lowest BCUT2D eigenvalue weighted by Crippen LogP contribution is -2.41. The van der Waals surface area contributed by atoms with Crippen molar-refractivity contribution in [2.75, 3.05) is 14.1 Å². The van der Waals surface area contributed by atoms with Crippen LogP contribution in [0.4, 0.5) is 0 Å². The van der Waals surface area contributed by atoms with Gasteiger partial charge in [0.15, 0.2) is 0 Å². The number of rotatable bonds is 4. The molecule has 0 saturated heterocycles. The Morgan fingerprint density at radius 2 is 1.46 bits per heavy atom. The van der Waals surface area contributed by atoms with E-state index in [1.807, 2.05) is 12.1 Å². The third-order valence-corrected chi connectivity index (χ3v) is 6.59. The highest BCUT2D eigenvalue weighted by Gasteiger charge is 2.19. The highest BCUT2D eigenvalue weighted by Crippen LogP contribution is 2.22. The normalized spacial score (nSPS) is 13.7. The number of hydrazine groups is 1. The van der Waals surface area contributed by atoms with E-state index in [1.165, 1.54) is 49.5 Å². The van der Waals surface area contributed by atoms with E-state index < -0.39 is 21.8 Å². The molecule has 3 rings (SSSR count). The van der Waals surface area contributed by atoms with Crippen LogP contribution in [0, 0.1) is 0 Å². The fourth-order valence-electron chi connectivity index (χ4n) is 3.14. The van der Waals surface area contributed by atoms with Gasteiger partial charge in [-0.15, -0.1) is 0 Å². The summed E-state index contributed by atoms with van der Waals surface area (Å²) >= 11 is 0. The number of nitrogens with zero attached hydrogens (tertiary/aromatic N) is 1. The Balaban J connectivity index is 1.68. The lowest BCUT2D eigenvalue weighted by molar-refractivity contribution is 0.0846. The molecule has 148 valence electrons. The molecule has 0 bridgehead atoms. The Labute approximate surface area is 164 Å². The van der Waals surface area contributed by atoms with Crippen molar-refractivity contribution in [3.63, 3.8) is 0 Å². The van der Waals surface area contributed by atoms with Crippen molar-refractivity contribution in [1.29, 1.82) is 0 Å². The first kappa shape index (κ1) is 20.0. The number of carbonyl (C=O) groups is 2. The number of carbonyl (C=O) groups excluding carboxylic acids is 2. The highest BCUT2D eigenvalue weighted by molar-refractivity contribution is 7.89. The Hall–Kier alpha value is -2.71. The summed E-state index contributed by atoms with van der Waals surface area (Å²) in [6.07, 6.45) is 4.26. The SMILES string of the molecule is CN(C)S(=O)(=O)c1cccc(C(=O)NNC(=O)c2ccc3c(c2)CCCC3)c1. The molecule has 0 fully saturated rings. The quantitative estimate of drug-likeness (QED) is 0.765. The average Bonchev–Trinajstić information content (AvgIpc) is 2.71. The molecule has 2 aromatic carbocycles. The third kappa shape index (κ3) is 4.23. The van der Waals surface area contributed by atoms with Crippen LogP contribution in [-0.2, 0) is 22.9 Å². The molecule has 2 N–H and O–H groups in total. The molecule has 0 atom stereocenters.